The summed E-state index contributed by atoms with van der Waals surface area (Å²) in [5, 5.41) is 0. The number of fused-ring (bicyclic) bond motifs is 2. The smallest absolute Gasteiger partial charge is 0.174 e. The zero-order chi connectivity index (χ0) is 13.6. The second-order valence-corrected chi connectivity index (χ2v) is 7.31. The topological polar surface area (TPSA) is 18.5 Å². The summed E-state index contributed by atoms with van der Waals surface area (Å²) in [6.45, 7) is 10.4. The van der Waals surface area contributed by atoms with Gasteiger partial charge >= 0.3 is 0 Å². The molecule has 0 radical (unpaired) electrons. The second kappa shape index (κ2) is 4.60. The van der Waals surface area contributed by atoms with Crippen molar-refractivity contribution in [1.82, 2.24) is 0 Å². The van der Waals surface area contributed by atoms with Crippen LogP contribution in [0.4, 0.5) is 0 Å². The molecule has 0 unspecified atom stereocenters. The first kappa shape index (κ1) is 13.6. The third-order valence-electron chi connectivity index (χ3n) is 6.29. The first-order valence-corrected chi connectivity index (χ1v) is 7.95. The minimum Gasteiger partial charge on any atom is -0.347 e. The van der Waals surface area contributed by atoms with E-state index in [1.807, 2.05) is 0 Å². The molecule has 2 saturated carbocycles. The van der Waals surface area contributed by atoms with E-state index >= 15 is 0 Å². The SMILES string of the molecule is C=CC[C@]1(C)CCC[C@@]2(C)[C@H]1CCCC21OCCO1. The van der Waals surface area contributed by atoms with Crippen LogP contribution in [0.2, 0.25) is 0 Å². The van der Waals surface area contributed by atoms with E-state index < -0.39 is 0 Å². The Morgan fingerprint density at radius 2 is 1.84 bits per heavy atom. The molecule has 1 spiro atoms. The summed E-state index contributed by atoms with van der Waals surface area (Å²) in [6, 6.07) is 0. The molecule has 3 aliphatic rings. The predicted octanol–water partition coefficient (Wildman–Crippen LogP) is 4.30. The van der Waals surface area contributed by atoms with Crippen molar-refractivity contribution in [2.45, 2.75) is 64.6 Å². The Labute approximate surface area is 117 Å². The number of allylic oxidation sites excluding steroid dienone is 1. The number of hydrogen-bond acceptors (Lipinski definition) is 2. The third kappa shape index (κ3) is 1.83. The average molecular weight is 264 g/mol. The summed E-state index contributed by atoms with van der Waals surface area (Å²) in [7, 11) is 0. The summed E-state index contributed by atoms with van der Waals surface area (Å²) in [4.78, 5) is 0. The van der Waals surface area contributed by atoms with Crippen LogP contribution in [0.15, 0.2) is 12.7 Å². The molecule has 3 rings (SSSR count). The summed E-state index contributed by atoms with van der Waals surface area (Å²) >= 11 is 0. The lowest BCUT2D eigenvalue weighted by molar-refractivity contribution is -0.291. The highest BCUT2D eigenvalue weighted by atomic mass is 16.7. The maximum Gasteiger partial charge on any atom is 0.174 e. The van der Waals surface area contributed by atoms with E-state index in [0.29, 0.717) is 11.3 Å². The Balaban J connectivity index is 1.97. The van der Waals surface area contributed by atoms with E-state index in [4.69, 9.17) is 9.47 Å². The largest absolute Gasteiger partial charge is 0.347 e. The quantitative estimate of drug-likeness (QED) is 0.692. The molecule has 1 heterocycles. The Hall–Kier alpha value is -0.340. The van der Waals surface area contributed by atoms with Crippen LogP contribution in [0.3, 0.4) is 0 Å². The summed E-state index contributed by atoms with van der Waals surface area (Å²) in [6.07, 6.45) is 10.8. The lowest BCUT2D eigenvalue weighted by Crippen LogP contribution is -2.60. The minimum atomic E-state index is -0.279. The molecule has 2 nitrogen and oxygen atoms in total. The highest BCUT2D eigenvalue weighted by molar-refractivity contribution is 5.08. The zero-order valence-corrected chi connectivity index (χ0v) is 12.5. The molecule has 0 aromatic carbocycles. The number of hydrogen-bond donors (Lipinski definition) is 0. The first-order chi connectivity index (χ1) is 9.06. The maximum absolute atomic E-state index is 6.18. The van der Waals surface area contributed by atoms with E-state index in [-0.39, 0.29) is 11.2 Å². The summed E-state index contributed by atoms with van der Waals surface area (Å²) in [5.74, 6) is 0.428. The van der Waals surface area contributed by atoms with Crippen molar-refractivity contribution in [3.8, 4) is 0 Å². The number of rotatable bonds is 2. The van der Waals surface area contributed by atoms with Crippen molar-refractivity contribution in [2.75, 3.05) is 13.2 Å². The van der Waals surface area contributed by atoms with Crippen molar-refractivity contribution in [1.29, 1.82) is 0 Å². The van der Waals surface area contributed by atoms with Crippen LogP contribution in [-0.2, 0) is 9.47 Å². The minimum absolute atomic E-state index is 0.192. The molecule has 1 saturated heterocycles. The van der Waals surface area contributed by atoms with Gasteiger partial charge < -0.3 is 9.47 Å². The van der Waals surface area contributed by atoms with E-state index in [2.05, 4.69) is 26.5 Å². The molecule has 2 heteroatoms. The van der Waals surface area contributed by atoms with Gasteiger partial charge in [0, 0.05) is 11.8 Å². The van der Waals surface area contributed by atoms with Gasteiger partial charge in [-0.1, -0.05) is 26.3 Å². The zero-order valence-electron chi connectivity index (χ0n) is 12.5. The van der Waals surface area contributed by atoms with Crippen molar-refractivity contribution >= 4 is 0 Å². The highest BCUT2D eigenvalue weighted by Crippen LogP contribution is 2.64. The lowest BCUT2D eigenvalue weighted by Gasteiger charge is -2.60. The Kier molecular flexibility index (Phi) is 3.30. The standard InChI is InChI=1S/C17H28O2/c1-4-8-15(2)9-6-10-16(3)14(15)7-5-11-17(16)18-12-13-19-17/h4,14H,1,5-13H2,2-3H3/t14-,15+,16-/m0/s1. The van der Waals surface area contributed by atoms with E-state index in [1.54, 1.807) is 0 Å². The van der Waals surface area contributed by atoms with Crippen LogP contribution in [0.25, 0.3) is 0 Å². The van der Waals surface area contributed by atoms with Gasteiger partial charge in [-0.3, -0.25) is 0 Å². The highest BCUT2D eigenvalue weighted by Gasteiger charge is 2.62. The van der Waals surface area contributed by atoms with Gasteiger partial charge in [-0.2, -0.15) is 0 Å². The first-order valence-electron chi connectivity index (χ1n) is 7.95. The maximum atomic E-state index is 6.18. The van der Waals surface area contributed by atoms with Gasteiger partial charge in [0.25, 0.3) is 0 Å². The van der Waals surface area contributed by atoms with Crippen LogP contribution in [0.5, 0.6) is 0 Å². The molecular formula is C17H28O2. The second-order valence-electron chi connectivity index (χ2n) is 7.31. The van der Waals surface area contributed by atoms with Crippen LogP contribution in [0.1, 0.15) is 58.8 Å². The number of ether oxygens (including phenoxy) is 2. The monoisotopic (exact) mass is 264 g/mol. The Morgan fingerprint density at radius 1 is 1.11 bits per heavy atom. The third-order valence-corrected chi connectivity index (χ3v) is 6.29. The summed E-state index contributed by atoms with van der Waals surface area (Å²) < 4.78 is 12.4. The van der Waals surface area contributed by atoms with E-state index in [9.17, 15) is 0 Å². The Morgan fingerprint density at radius 3 is 2.53 bits per heavy atom. The van der Waals surface area contributed by atoms with Crippen LogP contribution in [-0.4, -0.2) is 19.0 Å². The fourth-order valence-corrected chi connectivity index (χ4v) is 5.43. The lowest BCUT2D eigenvalue weighted by atomic mass is 9.48. The van der Waals surface area contributed by atoms with Gasteiger partial charge in [-0.05, 0) is 43.4 Å². The molecule has 0 bridgehead atoms. The molecule has 2 aliphatic carbocycles. The van der Waals surface area contributed by atoms with Crippen molar-refractivity contribution in [3.63, 3.8) is 0 Å². The fraction of sp³-hybridized carbons (Fsp3) is 0.882. The normalized spacial score (nSPS) is 45.1. The molecule has 0 amide bonds. The van der Waals surface area contributed by atoms with Gasteiger partial charge in [0.2, 0.25) is 0 Å². The molecule has 0 aromatic rings. The molecule has 1 aliphatic heterocycles. The molecule has 0 aromatic heterocycles. The molecule has 108 valence electrons. The fourth-order valence-electron chi connectivity index (χ4n) is 5.43. The molecule has 3 fully saturated rings. The molecule has 19 heavy (non-hydrogen) atoms. The summed E-state index contributed by atoms with van der Waals surface area (Å²) in [5.41, 5.74) is 0.579. The van der Waals surface area contributed by atoms with Crippen LogP contribution in [0, 0.1) is 16.7 Å². The van der Waals surface area contributed by atoms with E-state index in [1.165, 1.54) is 32.1 Å². The predicted molar refractivity (Wildman–Crippen MR) is 76.9 cm³/mol. The van der Waals surface area contributed by atoms with E-state index in [0.717, 1.165) is 26.1 Å². The van der Waals surface area contributed by atoms with Gasteiger partial charge in [0.1, 0.15) is 0 Å². The van der Waals surface area contributed by atoms with Crippen molar-refractivity contribution < 1.29 is 9.47 Å². The Bertz CT molecular complexity index is 358. The average Bonchev–Trinajstić information content (AvgIpc) is 2.82. The van der Waals surface area contributed by atoms with Gasteiger partial charge in [0.15, 0.2) is 5.79 Å². The molecular weight excluding hydrogens is 236 g/mol. The van der Waals surface area contributed by atoms with Gasteiger partial charge in [0.05, 0.1) is 13.2 Å². The van der Waals surface area contributed by atoms with Crippen molar-refractivity contribution in [3.05, 3.63) is 12.7 Å². The van der Waals surface area contributed by atoms with Crippen LogP contribution >= 0.6 is 0 Å². The molecule has 0 N–H and O–H groups in total. The van der Waals surface area contributed by atoms with Gasteiger partial charge in [-0.15, -0.1) is 6.58 Å². The van der Waals surface area contributed by atoms with Crippen LogP contribution < -0.4 is 0 Å². The molecule has 3 atom stereocenters. The van der Waals surface area contributed by atoms with Crippen molar-refractivity contribution in [2.24, 2.45) is 16.7 Å². The van der Waals surface area contributed by atoms with Gasteiger partial charge in [-0.25, -0.2) is 0 Å².